The number of aliphatic hydroxyl groups is 1. The van der Waals surface area contributed by atoms with Crippen LogP contribution in [0, 0.1) is 0 Å². The topological polar surface area (TPSA) is 78.0 Å². The molecule has 0 fully saturated rings. The zero-order valence-electron chi connectivity index (χ0n) is 13.5. The Morgan fingerprint density at radius 3 is 2.56 bits per heavy atom. The van der Waals surface area contributed by atoms with Crippen LogP contribution >= 0.6 is 15.9 Å². The molecule has 2 aromatic rings. The summed E-state index contributed by atoms with van der Waals surface area (Å²) < 4.78 is 39.4. The molecule has 1 heterocycles. The van der Waals surface area contributed by atoms with E-state index in [1.165, 1.54) is 18.2 Å². The molecule has 136 valence electrons. The Morgan fingerprint density at radius 2 is 2.00 bits per heavy atom. The number of hydrogen-bond acceptors (Lipinski definition) is 3. The van der Waals surface area contributed by atoms with Gasteiger partial charge >= 0.3 is 6.18 Å². The van der Waals surface area contributed by atoms with Crippen LogP contribution in [0.25, 0.3) is 0 Å². The van der Waals surface area contributed by atoms with E-state index in [-0.39, 0.29) is 23.7 Å². The van der Waals surface area contributed by atoms with E-state index in [4.69, 9.17) is 0 Å². The highest BCUT2D eigenvalue weighted by Crippen LogP contribution is 2.34. The van der Waals surface area contributed by atoms with Crippen molar-refractivity contribution < 1.29 is 23.1 Å². The van der Waals surface area contributed by atoms with Crippen molar-refractivity contribution >= 4 is 21.8 Å². The monoisotopic (exact) mass is 419 g/mol. The molecule has 0 aliphatic rings. The first-order valence-electron chi connectivity index (χ1n) is 7.49. The van der Waals surface area contributed by atoms with Crippen LogP contribution in [0.5, 0.6) is 0 Å². The second-order valence-corrected chi connectivity index (χ2v) is 6.56. The van der Waals surface area contributed by atoms with E-state index in [1.54, 1.807) is 0 Å². The molecule has 1 unspecified atom stereocenters. The molecule has 25 heavy (non-hydrogen) atoms. The molecule has 2 rings (SSSR count). The summed E-state index contributed by atoms with van der Waals surface area (Å²) >= 11 is 3.28. The Bertz CT molecular complexity index is 759. The van der Waals surface area contributed by atoms with Gasteiger partial charge in [0, 0.05) is 6.54 Å². The molecular formula is C16H17BrF3N3O2. The number of H-pyrrole nitrogens is 1. The fourth-order valence-corrected chi connectivity index (χ4v) is 3.12. The first kappa shape index (κ1) is 19.5. The van der Waals surface area contributed by atoms with Gasteiger partial charge in [0.2, 0.25) is 0 Å². The fourth-order valence-electron chi connectivity index (χ4n) is 2.30. The van der Waals surface area contributed by atoms with Gasteiger partial charge in [-0.15, -0.1) is 0 Å². The number of carbonyl (C=O) groups excluding carboxylic acids is 1. The lowest BCUT2D eigenvalue weighted by Crippen LogP contribution is -2.29. The standard InChI is InChI=1S/C16H17BrF3N3O2/c1-8(2)13-12(17)14(23-22-13)15(25)21-7-11(24)9-5-3-4-6-10(9)16(18,19)20/h3-6,8,11,24H,7H2,1-2H3,(H,21,25)(H,22,23). The minimum Gasteiger partial charge on any atom is -0.387 e. The van der Waals surface area contributed by atoms with Crippen LogP contribution in [-0.4, -0.2) is 27.8 Å². The van der Waals surface area contributed by atoms with Gasteiger partial charge in [-0.05, 0) is 33.5 Å². The summed E-state index contributed by atoms with van der Waals surface area (Å²) in [5.41, 5.74) is -0.410. The minimum atomic E-state index is -4.58. The van der Waals surface area contributed by atoms with Crippen LogP contribution in [-0.2, 0) is 6.18 Å². The van der Waals surface area contributed by atoms with Crippen molar-refractivity contribution in [3.05, 3.63) is 51.3 Å². The first-order chi connectivity index (χ1) is 11.6. The van der Waals surface area contributed by atoms with Crippen LogP contribution in [0.4, 0.5) is 13.2 Å². The minimum absolute atomic E-state index is 0.0833. The van der Waals surface area contributed by atoms with E-state index in [2.05, 4.69) is 31.4 Å². The van der Waals surface area contributed by atoms with Crippen LogP contribution in [0.2, 0.25) is 0 Å². The summed E-state index contributed by atoms with van der Waals surface area (Å²) in [6.45, 7) is 3.46. The van der Waals surface area contributed by atoms with Crippen molar-refractivity contribution in [2.75, 3.05) is 6.54 Å². The van der Waals surface area contributed by atoms with E-state index in [0.717, 1.165) is 11.8 Å². The van der Waals surface area contributed by atoms with Gasteiger partial charge < -0.3 is 10.4 Å². The number of aromatic amines is 1. The zero-order chi connectivity index (χ0) is 18.8. The van der Waals surface area contributed by atoms with Crippen molar-refractivity contribution in [2.45, 2.75) is 32.0 Å². The summed E-state index contributed by atoms with van der Waals surface area (Å²) in [6.07, 6.45) is -6.08. The maximum atomic E-state index is 13.0. The molecule has 0 bridgehead atoms. The van der Waals surface area contributed by atoms with Crippen molar-refractivity contribution in [2.24, 2.45) is 0 Å². The molecule has 9 heteroatoms. The molecule has 0 saturated heterocycles. The molecule has 0 saturated carbocycles. The Morgan fingerprint density at radius 1 is 1.36 bits per heavy atom. The molecule has 1 atom stereocenters. The van der Waals surface area contributed by atoms with Crippen molar-refractivity contribution in [1.29, 1.82) is 0 Å². The number of halogens is 4. The zero-order valence-corrected chi connectivity index (χ0v) is 15.1. The molecule has 1 amide bonds. The first-order valence-corrected chi connectivity index (χ1v) is 8.28. The smallest absolute Gasteiger partial charge is 0.387 e. The quantitative estimate of drug-likeness (QED) is 0.689. The second-order valence-electron chi connectivity index (χ2n) is 5.77. The lowest BCUT2D eigenvalue weighted by Gasteiger charge is -2.17. The highest BCUT2D eigenvalue weighted by molar-refractivity contribution is 9.10. The number of alkyl halides is 3. The SMILES string of the molecule is CC(C)c1[nH]nc(C(=O)NCC(O)c2ccccc2C(F)(F)F)c1Br. The van der Waals surface area contributed by atoms with Gasteiger partial charge in [-0.2, -0.15) is 18.3 Å². The molecule has 0 aliphatic carbocycles. The maximum absolute atomic E-state index is 13.0. The highest BCUT2D eigenvalue weighted by atomic mass is 79.9. The van der Waals surface area contributed by atoms with Gasteiger partial charge in [0.05, 0.1) is 21.8 Å². The van der Waals surface area contributed by atoms with E-state index >= 15 is 0 Å². The molecular weight excluding hydrogens is 403 g/mol. The van der Waals surface area contributed by atoms with Crippen LogP contribution < -0.4 is 5.32 Å². The number of amides is 1. The third-order valence-corrected chi connectivity index (χ3v) is 4.41. The average molecular weight is 420 g/mol. The number of aromatic nitrogens is 2. The van der Waals surface area contributed by atoms with Gasteiger partial charge in [0.25, 0.3) is 5.91 Å². The molecule has 3 N–H and O–H groups in total. The number of carbonyl (C=O) groups is 1. The predicted molar refractivity (Wildman–Crippen MR) is 89.1 cm³/mol. The molecule has 0 spiro atoms. The van der Waals surface area contributed by atoms with Gasteiger partial charge in [0.1, 0.15) is 0 Å². The van der Waals surface area contributed by atoms with E-state index in [9.17, 15) is 23.1 Å². The number of benzene rings is 1. The second kappa shape index (κ2) is 7.57. The van der Waals surface area contributed by atoms with E-state index < -0.39 is 23.8 Å². The summed E-state index contributed by atoms with van der Waals surface area (Å²) in [4.78, 5) is 12.2. The van der Waals surface area contributed by atoms with Gasteiger partial charge in [-0.25, -0.2) is 0 Å². The van der Waals surface area contributed by atoms with Gasteiger partial charge in [-0.3, -0.25) is 9.89 Å². The Labute approximate surface area is 150 Å². The lowest BCUT2D eigenvalue weighted by molar-refractivity contribution is -0.139. The third kappa shape index (κ3) is 4.40. The summed E-state index contributed by atoms with van der Waals surface area (Å²) in [7, 11) is 0. The fraction of sp³-hybridized carbons (Fsp3) is 0.375. The molecule has 1 aromatic heterocycles. The largest absolute Gasteiger partial charge is 0.416 e. The van der Waals surface area contributed by atoms with Crippen molar-refractivity contribution in [1.82, 2.24) is 15.5 Å². The highest BCUT2D eigenvalue weighted by Gasteiger charge is 2.34. The van der Waals surface area contributed by atoms with E-state index in [1.807, 2.05) is 13.8 Å². The maximum Gasteiger partial charge on any atom is 0.416 e. The molecule has 1 aromatic carbocycles. The Balaban J connectivity index is 2.11. The lowest BCUT2D eigenvalue weighted by atomic mass is 10.0. The van der Waals surface area contributed by atoms with Crippen LogP contribution in [0.15, 0.2) is 28.7 Å². The average Bonchev–Trinajstić information content (AvgIpc) is 2.93. The van der Waals surface area contributed by atoms with Crippen molar-refractivity contribution in [3.63, 3.8) is 0 Å². The normalized spacial score (nSPS) is 13.1. The molecule has 0 aliphatic heterocycles. The van der Waals surface area contributed by atoms with Crippen molar-refractivity contribution in [3.8, 4) is 0 Å². The van der Waals surface area contributed by atoms with Crippen LogP contribution in [0.1, 0.15) is 53.2 Å². The number of nitrogens with zero attached hydrogens (tertiary/aromatic N) is 1. The predicted octanol–water partition coefficient (Wildman–Crippen LogP) is 3.78. The van der Waals surface area contributed by atoms with Gasteiger partial charge in [0.15, 0.2) is 5.69 Å². The summed E-state index contributed by atoms with van der Waals surface area (Å²) in [5.74, 6) is -0.494. The summed E-state index contributed by atoms with van der Waals surface area (Å²) in [5, 5.41) is 19.1. The van der Waals surface area contributed by atoms with E-state index in [0.29, 0.717) is 4.47 Å². The third-order valence-electron chi connectivity index (χ3n) is 3.61. The summed E-state index contributed by atoms with van der Waals surface area (Å²) in [6, 6.07) is 4.71. The number of nitrogens with one attached hydrogen (secondary N) is 2. The number of rotatable bonds is 5. The van der Waals surface area contributed by atoms with Crippen LogP contribution in [0.3, 0.4) is 0 Å². The number of aliphatic hydroxyl groups excluding tert-OH is 1. The van der Waals surface area contributed by atoms with Gasteiger partial charge in [-0.1, -0.05) is 32.0 Å². The molecule has 5 nitrogen and oxygen atoms in total. The Hall–Kier alpha value is -1.87. The molecule has 0 radical (unpaired) electrons. The Kier molecular flexibility index (Phi) is 5.89. The number of hydrogen-bond donors (Lipinski definition) is 3.